The maximum absolute atomic E-state index is 13.6. The highest BCUT2D eigenvalue weighted by Gasteiger charge is 2.43. The molecule has 0 spiro atoms. The highest BCUT2D eigenvalue weighted by atomic mass is 16.6. The van der Waals surface area contributed by atoms with Crippen LogP contribution in [0.5, 0.6) is 0 Å². The van der Waals surface area contributed by atoms with Gasteiger partial charge in [-0.25, -0.2) is 4.79 Å². The molecule has 7 heteroatoms. The first-order valence-corrected chi connectivity index (χ1v) is 11.8. The van der Waals surface area contributed by atoms with Crippen molar-refractivity contribution >= 4 is 17.9 Å². The number of hydrogen-bond donors (Lipinski definition) is 2. The van der Waals surface area contributed by atoms with Gasteiger partial charge in [0.25, 0.3) is 0 Å². The lowest BCUT2D eigenvalue weighted by atomic mass is 9.98. The number of ether oxygens (including phenoxy) is 1. The summed E-state index contributed by atoms with van der Waals surface area (Å²) in [5.41, 5.74) is 2.00. The smallest absolute Gasteiger partial charge is 0.408 e. The molecule has 3 amide bonds. The van der Waals surface area contributed by atoms with Crippen molar-refractivity contribution in [3.05, 3.63) is 71.3 Å². The summed E-state index contributed by atoms with van der Waals surface area (Å²) >= 11 is 0. The van der Waals surface area contributed by atoms with E-state index in [1.54, 1.807) is 32.6 Å². The summed E-state index contributed by atoms with van der Waals surface area (Å²) in [6.07, 6.45) is 0.975. The van der Waals surface area contributed by atoms with E-state index in [0.717, 1.165) is 29.5 Å². The number of alkyl carbamates (subject to hydrolysis) is 1. The molecule has 2 aromatic carbocycles. The van der Waals surface area contributed by atoms with E-state index >= 15 is 0 Å². The van der Waals surface area contributed by atoms with Crippen LogP contribution in [-0.2, 0) is 20.9 Å². The SMILES string of the molecule is Cc1ccccc1C(C(=O)NCc1ccccc1)N(C(=O)C(C)NC(=O)OC(C)(C)C)C1CC1. The lowest BCUT2D eigenvalue weighted by molar-refractivity contribution is -0.143. The van der Waals surface area contributed by atoms with Crippen molar-refractivity contribution in [3.63, 3.8) is 0 Å². The molecule has 1 aliphatic rings. The second kappa shape index (κ2) is 10.7. The molecule has 0 aliphatic heterocycles. The summed E-state index contributed by atoms with van der Waals surface area (Å²) in [6.45, 7) is 9.21. The average Bonchev–Trinajstić information content (AvgIpc) is 3.60. The number of nitrogens with zero attached hydrogens (tertiary/aromatic N) is 1. The molecular formula is C27H35N3O4. The van der Waals surface area contributed by atoms with Gasteiger partial charge in [0, 0.05) is 12.6 Å². The standard InChI is InChI=1S/C27H35N3O4/c1-18-11-9-10-14-22(18)23(24(31)28-17-20-12-7-6-8-13-20)30(21-15-16-21)25(32)19(2)29-26(33)34-27(3,4)5/h6-14,19,21,23H,15-17H2,1-5H3,(H,28,31)(H,29,33). The fourth-order valence-electron chi connectivity index (χ4n) is 3.83. The predicted octanol–water partition coefficient (Wildman–Crippen LogP) is 4.26. The van der Waals surface area contributed by atoms with Crippen LogP contribution >= 0.6 is 0 Å². The minimum absolute atomic E-state index is 0.0533. The van der Waals surface area contributed by atoms with Gasteiger partial charge in [-0.05, 0) is 64.2 Å². The molecule has 0 radical (unpaired) electrons. The van der Waals surface area contributed by atoms with Gasteiger partial charge in [-0.15, -0.1) is 0 Å². The molecule has 0 bridgehead atoms. The van der Waals surface area contributed by atoms with Crippen molar-refractivity contribution in [2.75, 3.05) is 0 Å². The summed E-state index contributed by atoms with van der Waals surface area (Å²) in [5.74, 6) is -0.556. The van der Waals surface area contributed by atoms with Crippen LogP contribution in [0.15, 0.2) is 54.6 Å². The molecular weight excluding hydrogens is 430 g/mol. The third-order valence-electron chi connectivity index (χ3n) is 5.62. The summed E-state index contributed by atoms with van der Waals surface area (Å²) < 4.78 is 5.31. The van der Waals surface area contributed by atoms with Crippen LogP contribution in [0.1, 0.15) is 63.3 Å². The minimum atomic E-state index is -0.844. The van der Waals surface area contributed by atoms with E-state index in [1.165, 1.54) is 0 Å². The second-order valence-electron chi connectivity index (χ2n) is 9.81. The molecule has 1 aliphatic carbocycles. The van der Waals surface area contributed by atoms with Crippen LogP contribution in [0.4, 0.5) is 4.79 Å². The van der Waals surface area contributed by atoms with Crippen LogP contribution in [0.25, 0.3) is 0 Å². The maximum Gasteiger partial charge on any atom is 0.408 e. The van der Waals surface area contributed by atoms with Gasteiger partial charge in [-0.3, -0.25) is 9.59 Å². The number of carbonyl (C=O) groups excluding carboxylic acids is 3. The van der Waals surface area contributed by atoms with Crippen LogP contribution < -0.4 is 10.6 Å². The van der Waals surface area contributed by atoms with Gasteiger partial charge in [-0.2, -0.15) is 0 Å². The molecule has 3 rings (SSSR count). The van der Waals surface area contributed by atoms with Gasteiger partial charge >= 0.3 is 6.09 Å². The van der Waals surface area contributed by atoms with Crippen LogP contribution in [0, 0.1) is 6.92 Å². The molecule has 2 aromatic rings. The van der Waals surface area contributed by atoms with Crippen molar-refractivity contribution in [2.45, 2.75) is 77.7 Å². The molecule has 2 N–H and O–H groups in total. The largest absolute Gasteiger partial charge is 0.444 e. The summed E-state index contributed by atoms with van der Waals surface area (Å²) in [5, 5.41) is 5.64. The summed E-state index contributed by atoms with van der Waals surface area (Å²) in [4.78, 5) is 41.1. The predicted molar refractivity (Wildman–Crippen MR) is 131 cm³/mol. The van der Waals surface area contributed by atoms with Crippen LogP contribution in [-0.4, -0.2) is 40.5 Å². The van der Waals surface area contributed by atoms with E-state index in [-0.39, 0.29) is 17.9 Å². The van der Waals surface area contributed by atoms with Crippen molar-refractivity contribution in [1.82, 2.24) is 15.5 Å². The van der Waals surface area contributed by atoms with E-state index in [4.69, 9.17) is 4.74 Å². The Hall–Kier alpha value is -3.35. The Labute approximate surface area is 201 Å². The normalized spacial score (nSPS) is 15.1. The van der Waals surface area contributed by atoms with Crippen molar-refractivity contribution < 1.29 is 19.1 Å². The minimum Gasteiger partial charge on any atom is -0.444 e. The van der Waals surface area contributed by atoms with Gasteiger partial charge < -0.3 is 20.3 Å². The Bertz CT molecular complexity index is 1010. The van der Waals surface area contributed by atoms with Gasteiger partial charge in [0.05, 0.1) is 0 Å². The fraction of sp³-hybridized carbons (Fsp3) is 0.444. The number of carbonyl (C=O) groups is 3. The quantitative estimate of drug-likeness (QED) is 0.610. The number of rotatable bonds is 8. The average molecular weight is 466 g/mol. The molecule has 0 aromatic heterocycles. The van der Waals surface area contributed by atoms with E-state index in [1.807, 2.05) is 61.5 Å². The zero-order chi connectivity index (χ0) is 24.9. The summed E-state index contributed by atoms with van der Waals surface area (Å²) in [7, 11) is 0. The van der Waals surface area contributed by atoms with Gasteiger partial charge in [-0.1, -0.05) is 54.6 Å². The maximum atomic E-state index is 13.6. The Morgan fingerprint density at radius 3 is 2.24 bits per heavy atom. The lowest BCUT2D eigenvalue weighted by Gasteiger charge is -2.34. The number of aryl methyl sites for hydroxylation is 1. The Morgan fingerprint density at radius 2 is 1.65 bits per heavy atom. The highest BCUT2D eigenvalue weighted by molar-refractivity contribution is 5.92. The summed E-state index contributed by atoms with van der Waals surface area (Å²) in [6, 6.07) is 15.6. The van der Waals surface area contributed by atoms with Crippen molar-refractivity contribution in [3.8, 4) is 0 Å². The Kier molecular flexibility index (Phi) is 7.97. The Balaban J connectivity index is 1.85. The first-order valence-electron chi connectivity index (χ1n) is 11.8. The van der Waals surface area contributed by atoms with Crippen LogP contribution in [0.2, 0.25) is 0 Å². The van der Waals surface area contributed by atoms with Crippen molar-refractivity contribution in [2.24, 2.45) is 0 Å². The van der Waals surface area contributed by atoms with Crippen LogP contribution in [0.3, 0.4) is 0 Å². The number of nitrogens with one attached hydrogen (secondary N) is 2. The van der Waals surface area contributed by atoms with E-state index in [0.29, 0.717) is 6.54 Å². The molecule has 1 fully saturated rings. The highest BCUT2D eigenvalue weighted by Crippen LogP contribution is 2.36. The van der Waals surface area contributed by atoms with E-state index in [2.05, 4.69) is 10.6 Å². The first kappa shape index (κ1) is 25.3. The molecule has 2 unspecified atom stereocenters. The third-order valence-corrected chi connectivity index (χ3v) is 5.62. The van der Waals surface area contributed by atoms with E-state index in [9.17, 15) is 14.4 Å². The fourth-order valence-corrected chi connectivity index (χ4v) is 3.83. The zero-order valence-electron chi connectivity index (χ0n) is 20.6. The first-order chi connectivity index (χ1) is 16.1. The molecule has 182 valence electrons. The molecule has 0 heterocycles. The molecule has 34 heavy (non-hydrogen) atoms. The number of benzene rings is 2. The van der Waals surface area contributed by atoms with E-state index < -0.39 is 23.8 Å². The lowest BCUT2D eigenvalue weighted by Crippen LogP contribution is -2.52. The van der Waals surface area contributed by atoms with Crippen molar-refractivity contribution in [1.29, 1.82) is 0 Å². The molecule has 1 saturated carbocycles. The Morgan fingerprint density at radius 1 is 1.03 bits per heavy atom. The third kappa shape index (κ3) is 6.83. The molecule has 2 atom stereocenters. The molecule has 0 saturated heterocycles. The zero-order valence-corrected chi connectivity index (χ0v) is 20.6. The monoisotopic (exact) mass is 465 g/mol. The van der Waals surface area contributed by atoms with Gasteiger partial charge in [0.2, 0.25) is 11.8 Å². The second-order valence-corrected chi connectivity index (χ2v) is 9.81. The molecule has 7 nitrogen and oxygen atoms in total. The number of amides is 3. The topological polar surface area (TPSA) is 87.7 Å². The number of hydrogen-bond acceptors (Lipinski definition) is 4. The van der Waals surface area contributed by atoms with Gasteiger partial charge in [0.15, 0.2) is 0 Å². The van der Waals surface area contributed by atoms with Gasteiger partial charge in [0.1, 0.15) is 17.7 Å².